The highest BCUT2D eigenvalue weighted by Gasteiger charge is 2.36. The van der Waals surface area contributed by atoms with E-state index < -0.39 is 29.4 Å². The van der Waals surface area contributed by atoms with E-state index >= 15 is 0 Å². The Morgan fingerprint density at radius 3 is 2.49 bits per heavy atom. The fraction of sp³-hybridized carbons (Fsp3) is 0.0800. The minimum atomic E-state index is -0.565. The minimum Gasteiger partial charge on any atom is -0.488 e. The number of thioether (sulfide) groups is 1. The van der Waals surface area contributed by atoms with Crippen LogP contribution in [0, 0.1) is 5.82 Å². The highest BCUT2D eigenvalue weighted by molar-refractivity contribution is 9.10. The predicted octanol–water partition coefficient (Wildman–Crippen LogP) is 6.50. The molecule has 1 heterocycles. The number of benzene rings is 3. The van der Waals surface area contributed by atoms with Crippen molar-refractivity contribution in [1.82, 2.24) is 4.90 Å². The predicted molar refractivity (Wildman–Crippen MR) is 138 cm³/mol. The first-order valence-corrected chi connectivity index (χ1v) is 12.2. The molecule has 178 valence electrons. The number of rotatable bonds is 7. The van der Waals surface area contributed by atoms with E-state index in [1.165, 1.54) is 24.3 Å². The second kappa shape index (κ2) is 11.1. The topological polar surface area (TPSA) is 75.7 Å². The van der Waals surface area contributed by atoms with E-state index in [-0.39, 0.29) is 4.91 Å². The Morgan fingerprint density at radius 2 is 1.80 bits per heavy atom. The smallest absolute Gasteiger partial charge is 0.294 e. The first-order valence-electron chi connectivity index (χ1n) is 10.3. The van der Waals surface area contributed by atoms with Gasteiger partial charge in [0.15, 0.2) is 0 Å². The maximum Gasteiger partial charge on any atom is 0.294 e. The molecule has 0 bridgehead atoms. The summed E-state index contributed by atoms with van der Waals surface area (Å²) in [6.07, 6.45) is 1.58. The molecular weight excluding hydrogens is 559 g/mol. The van der Waals surface area contributed by atoms with Crippen molar-refractivity contribution in [3.63, 3.8) is 0 Å². The van der Waals surface area contributed by atoms with Crippen molar-refractivity contribution in [2.45, 2.75) is 6.61 Å². The minimum absolute atomic E-state index is 0.200. The van der Waals surface area contributed by atoms with Gasteiger partial charge in [0.25, 0.3) is 11.1 Å². The van der Waals surface area contributed by atoms with E-state index in [9.17, 15) is 18.8 Å². The molecule has 0 spiro atoms. The second-order valence-corrected chi connectivity index (χ2v) is 9.71. The number of hydrogen-bond donors (Lipinski definition) is 1. The Labute approximate surface area is 218 Å². The van der Waals surface area contributed by atoms with E-state index in [1.807, 2.05) is 12.1 Å². The molecule has 6 nitrogen and oxygen atoms in total. The lowest BCUT2D eigenvalue weighted by Gasteiger charge is -2.12. The quantitative estimate of drug-likeness (QED) is 0.326. The fourth-order valence-electron chi connectivity index (χ4n) is 3.13. The molecule has 3 amide bonds. The highest BCUT2D eigenvalue weighted by Crippen LogP contribution is 2.34. The number of ether oxygens (including phenoxy) is 1. The molecule has 35 heavy (non-hydrogen) atoms. The Morgan fingerprint density at radius 1 is 1.09 bits per heavy atom. The normalized spacial score (nSPS) is 14.5. The largest absolute Gasteiger partial charge is 0.488 e. The van der Waals surface area contributed by atoms with Crippen LogP contribution in [-0.4, -0.2) is 28.5 Å². The lowest BCUT2D eigenvalue weighted by atomic mass is 10.2. The highest BCUT2D eigenvalue weighted by atomic mass is 79.9. The molecule has 1 aliphatic rings. The van der Waals surface area contributed by atoms with Crippen molar-refractivity contribution in [2.24, 2.45) is 0 Å². The van der Waals surface area contributed by atoms with E-state index in [4.69, 9.17) is 16.3 Å². The van der Waals surface area contributed by atoms with Gasteiger partial charge in [0.05, 0.1) is 9.38 Å². The van der Waals surface area contributed by atoms with Crippen molar-refractivity contribution in [2.75, 3.05) is 11.9 Å². The average Bonchev–Trinajstić information content (AvgIpc) is 3.08. The van der Waals surface area contributed by atoms with Gasteiger partial charge in [0.2, 0.25) is 5.91 Å². The third kappa shape index (κ3) is 6.50. The van der Waals surface area contributed by atoms with Crippen LogP contribution in [0.15, 0.2) is 76.1 Å². The van der Waals surface area contributed by atoms with Crippen LogP contribution in [0.2, 0.25) is 5.02 Å². The number of nitrogens with zero attached hydrogens (tertiary/aromatic N) is 1. The van der Waals surface area contributed by atoms with Gasteiger partial charge in [-0.1, -0.05) is 29.8 Å². The third-order valence-corrected chi connectivity index (χ3v) is 6.64. The van der Waals surface area contributed by atoms with E-state index in [1.54, 1.807) is 36.4 Å². The molecule has 0 unspecified atom stereocenters. The number of hydrogen-bond acceptors (Lipinski definition) is 5. The molecule has 10 heteroatoms. The zero-order chi connectivity index (χ0) is 24.9. The molecule has 1 fully saturated rings. The van der Waals surface area contributed by atoms with Crippen LogP contribution in [0.5, 0.6) is 5.75 Å². The molecule has 3 aromatic carbocycles. The second-order valence-electron chi connectivity index (χ2n) is 7.43. The van der Waals surface area contributed by atoms with Crippen LogP contribution in [-0.2, 0) is 16.2 Å². The number of carbonyl (C=O) groups is 3. The van der Waals surface area contributed by atoms with Crippen LogP contribution in [0.4, 0.5) is 14.9 Å². The molecule has 4 rings (SSSR count). The molecule has 0 atom stereocenters. The maximum atomic E-state index is 13.0. The number of nitrogens with one attached hydrogen (secondary N) is 1. The first-order chi connectivity index (χ1) is 16.8. The first kappa shape index (κ1) is 25.0. The Bertz CT molecular complexity index is 1320. The fourth-order valence-corrected chi connectivity index (χ4v) is 4.61. The Kier molecular flexibility index (Phi) is 7.90. The molecule has 3 aromatic rings. The summed E-state index contributed by atoms with van der Waals surface area (Å²) in [7, 11) is 0. The zero-order valence-corrected chi connectivity index (χ0v) is 21.1. The standard InChI is InChI=1S/C25H17BrClFN2O4S/c26-20-11-16(3-10-21(20)34-14-15-1-4-17(27)5-2-15)12-22-24(32)30(25(33)35-22)13-23(31)29-19-8-6-18(28)7-9-19/h1-12H,13-14H2,(H,29,31)/b22-12-. The summed E-state index contributed by atoms with van der Waals surface area (Å²) in [5.74, 6) is -0.951. The molecule has 0 saturated carbocycles. The van der Waals surface area contributed by atoms with Gasteiger partial charge < -0.3 is 10.1 Å². The number of anilines is 1. The van der Waals surface area contributed by atoms with E-state index in [0.717, 1.165) is 22.2 Å². The summed E-state index contributed by atoms with van der Waals surface area (Å²) in [5.41, 5.74) is 2.00. The van der Waals surface area contributed by atoms with Crippen molar-refractivity contribution in [3.05, 3.63) is 98.1 Å². The summed E-state index contributed by atoms with van der Waals surface area (Å²) in [6.45, 7) is -0.0887. The molecular formula is C25H17BrClFN2O4S. The van der Waals surface area contributed by atoms with Gasteiger partial charge in [-0.15, -0.1) is 0 Å². The SMILES string of the molecule is O=C(CN1C(=O)S/C(=C\c2ccc(OCc3ccc(Cl)cc3)c(Br)c2)C1=O)Nc1ccc(F)cc1. The van der Waals surface area contributed by atoms with Crippen LogP contribution in [0.1, 0.15) is 11.1 Å². The van der Waals surface area contributed by atoms with Crippen LogP contribution >= 0.6 is 39.3 Å². The number of carbonyl (C=O) groups excluding carboxylic acids is 3. The summed E-state index contributed by atoms with van der Waals surface area (Å²) in [4.78, 5) is 38.4. The summed E-state index contributed by atoms with van der Waals surface area (Å²) in [6, 6.07) is 17.8. The van der Waals surface area contributed by atoms with Crippen molar-refractivity contribution in [1.29, 1.82) is 0 Å². The molecule has 1 saturated heterocycles. The van der Waals surface area contributed by atoms with Crippen LogP contribution in [0.25, 0.3) is 6.08 Å². The van der Waals surface area contributed by atoms with Gasteiger partial charge in [-0.3, -0.25) is 19.3 Å². The van der Waals surface area contributed by atoms with E-state index in [2.05, 4.69) is 21.2 Å². The number of amides is 3. The maximum absolute atomic E-state index is 13.0. The number of halogens is 3. The Hall–Kier alpha value is -3.14. The van der Waals surface area contributed by atoms with Crippen molar-refractivity contribution in [3.8, 4) is 5.75 Å². The molecule has 1 aliphatic heterocycles. The molecule has 0 aliphatic carbocycles. The summed E-state index contributed by atoms with van der Waals surface area (Å²) in [5, 5.41) is 2.64. The Balaban J connectivity index is 1.39. The number of imide groups is 1. The van der Waals surface area contributed by atoms with Gasteiger partial charge in [-0.2, -0.15) is 0 Å². The van der Waals surface area contributed by atoms with Gasteiger partial charge in [0.1, 0.15) is 24.7 Å². The average molecular weight is 576 g/mol. The van der Waals surface area contributed by atoms with E-state index in [0.29, 0.717) is 33.1 Å². The monoisotopic (exact) mass is 574 g/mol. The summed E-state index contributed by atoms with van der Waals surface area (Å²) >= 11 is 10.1. The molecule has 0 aromatic heterocycles. The van der Waals surface area contributed by atoms with Gasteiger partial charge in [0, 0.05) is 10.7 Å². The summed E-state index contributed by atoms with van der Waals surface area (Å²) < 4.78 is 19.5. The third-order valence-electron chi connectivity index (χ3n) is 4.86. The molecule has 0 radical (unpaired) electrons. The lowest BCUT2D eigenvalue weighted by molar-refractivity contribution is -0.127. The molecule has 1 N–H and O–H groups in total. The van der Waals surface area contributed by atoms with Gasteiger partial charge >= 0.3 is 0 Å². The van der Waals surface area contributed by atoms with Gasteiger partial charge in [-0.05, 0) is 93.4 Å². The van der Waals surface area contributed by atoms with Crippen LogP contribution in [0.3, 0.4) is 0 Å². The van der Waals surface area contributed by atoms with Gasteiger partial charge in [-0.25, -0.2) is 4.39 Å². The van der Waals surface area contributed by atoms with Crippen molar-refractivity contribution < 1.29 is 23.5 Å². The lowest BCUT2D eigenvalue weighted by Crippen LogP contribution is -2.36. The van der Waals surface area contributed by atoms with Crippen LogP contribution < -0.4 is 10.1 Å². The zero-order valence-electron chi connectivity index (χ0n) is 18.0. The van der Waals surface area contributed by atoms with Crippen molar-refractivity contribution >= 4 is 68.1 Å².